The summed E-state index contributed by atoms with van der Waals surface area (Å²) in [4.78, 5) is 5.43. The molecule has 0 saturated heterocycles. The Balaban J connectivity index is 1.52. The van der Waals surface area contributed by atoms with Gasteiger partial charge in [-0.1, -0.05) is 35.5 Å². The highest BCUT2D eigenvalue weighted by Gasteiger charge is 2.43. The van der Waals surface area contributed by atoms with Crippen LogP contribution in [0.25, 0.3) is 0 Å². The number of fused-ring (bicyclic) bond motifs is 1. The van der Waals surface area contributed by atoms with E-state index < -0.39 is 5.79 Å². The number of furan rings is 1. The van der Waals surface area contributed by atoms with E-state index in [1.165, 1.54) is 35.9 Å². The Hall–Kier alpha value is -2.79. The number of rotatable bonds is 4. The van der Waals surface area contributed by atoms with E-state index in [0.717, 1.165) is 30.8 Å². The minimum Gasteiger partial charge on any atom is -0.462 e. The maximum atomic E-state index is 10.8. The molecule has 0 fully saturated rings. The Morgan fingerprint density at radius 1 is 1.07 bits per heavy atom. The molecule has 0 bridgehead atoms. The number of aliphatic hydroxyl groups is 1. The summed E-state index contributed by atoms with van der Waals surface area (Å²) in [7, 11) is 0. The van der Waals surface area contributed by atoms with Crippen molar-refractivity contribution >= 4 is 5.71 Å². The maximum absolute atomic E-state index is 10.8. The van der Waals surface area contributed by atoms with Crippen LogP contribution in [0.5, 0.6) is 0 Å². The average molecular weight is 362 g/mol. The van der Waals surface area contributed by atoms with E-state index in [1.807, 2.05) is 6.07 Å². The number of oxime groups is 1. The third-order valence-electron chi connectivity index (χ3n) is 5.51. The van der Waals surface area contributed by atoms with Crippen LogP contribution in [0, 0.1) is 0 Å². The number of benzene rings is 1. The van der Waals surface area contributed by atoms with E-state index in [-0.39, 0.29) is 6.42 Å². The quantitative estimate of drug-likeness (QED) is 0.764. The molecular formula is C22H22N2O3. The van der Waals surface area contributed by atoms with Crippen LogP contribution in [-0.4, -0.2) is 15.4 Å². The van der Waals surface area contributed by atoms with Gasteiger partial charge in [-0.05, 0) is 55.0 Å². The summed E-state index contributed by atoms with van der Waals surface area (Å²) >= 11 is 0. The molecule has 1 N–H and O–H groups in total. The molecule has 1 atom stereocenters. The molecule has 1 aromatic carbocycles. The Bertz CT molecular complexity index is 973. The topological polar surface area (TPSA) is 59.9 Å². The number of hydrogen-bond donors (Lipinski definition) is 1. The summed E-state index contributed by atoms with van der Waals surface area (Å²) in [6.45, 7) is 0.795. The van der Waals surface area contributed by atoms with Gasteiger partial charge in [0.2, 0.25) is 0 Å². The van der Waals surface area contributed by atoms with Gasteiger partial charge in [0.15, 0.2) is 5.76 Å². The summed E-state index contributed by atoms with van der Waals surface area (Å²) in [6, 6.07) is 16.1. The average Bonchev–Trinajstić information content (AvgIpc) is 3.43. The first-order chi connectivity index (χ1) is 13.2. The van der Waals surface area contributed by atoms with Crippen molar-refractivity contribution in [2.45, 2.75) is 44.4 Å². The minimum absolute atomic E-state index is 0.276. The molecule has 0 amide bonds. The molecule has 0 radical (unpaired) electrons. The van der Waals surface area contributed by atoms with Crippen molar-refractivity contribution < 1.29 is 14.4 Å². The van der Waals surface area contributed by atoms with Crippen molar-refractivity contribution in [2.75, 3.05) is 0 Å². The van der Waals surface area contributed by atoms with Gasteiger partial charge in [0.1, 0.15) is 5.71 Å². The molecule has 0 saturated carbocycles. The molecule has 5 heteroatoms. The van der Waals surface area contributed by atoms with E-state index in [1.54, 1.807) is 12.1 Å². The van der Waals surface area contributed by atoms with Crippen LogP contribution in [0.2, 0.25) is 0 Å². The van der Waals surface area contributed by atoms with Gasteiger partial charge in [0.05, 0.1) is 18.4 Å². The summed E-state index contributed by atoms with van der Waals surface area (Å²) in [5, 5.41) is 15.1. The van der Waals surface area contributed by atoms with Crippen LogP contribution in [0.4, 0.5) is 0 Å². The molecule has 27 heavy (non-hydrogen) atoms. The fourth-order valence-electron chi connectivity index (χ4n) is 4.14. The van der Waals surface area contributed by atoms with Crippen molar-refractivity contribution in [3.05, 3.63) is 83.1 Å². The summed E-state index contributed by atoms with van der Waals surface area (Å²) < 4.78 is 7.70. The Labute approximate surface area is 157 Å². The number of hydrogen-bond acceptors (Lipinski definition) is 4. The third-order valence-corrected chi connectivity index (χ3v) is 5.51. The molecule has 2 aromatic heterocycles. The first kappa shape index (κ1) is 16.4. The second-order valence-corrected chi connectivity index (χ2v) is 7.35. The van der Waals surface area contributed by atoms with Gasteiger partial charge in [-0.15, -0.1) is 0 Å². The van der Waals surface area contributed by atoms with Crippen LogP contribution in [0.15, 0.2) is 64.4 Å². The standard InChI is InChI=1S/C22H22N2O3/c25-22(21-11-6-12-26-21)14-18(23-27-22)20-13-17-9-4-5-10-19(17)24(20)15-16-7-2-1-3-8-16/h1-3,6-8,11-13,25H,4-5,9-10,14-15H2. The lowest BCUT2D eigenvalue weighted by molar-refractivity contribution is -0.205. The number of nitrogens with zero attached hydrogens (tertiary/aromatic N) is 2. The zero-order valence-corrected chi connectivity index (χ0v) is 15.1. The van der Waals surface area contributed by atoms with Crippen molar-refractivity contribution in [3.8, 4) is 0 Å². The fraction of sp³-hybridized carbons (Fsp3) is 0.318. The van der Waals surface area contributed by atoms with E-state index in [9.17, 15) is 5.11 Å². The molecule has 138 valence electrons. The van der Waals surface area contributed by atoms with Gasteiger partial charge in [0, 0.05) is 12.2 Å². The number of aryl methyl sites for hydroxylation is 1. The van der Waals surface area contributed by atoms with Crippen molar-refractivity contribution in [1.29, 1.82) is 0 Å². The highest BCUT2D eigenvalue weighted by molar-refractivity contribution is 6.00. The van der Waals surface area contributed by atoms with Crippen LogP contribution < -0.4 is 0 Å². The third kappa shape index (κ3) is 2.88. The van der Waals surface area contributed by atoms with E-state index in [0.29, 0.717) is 5.76 Å². The van der Waals surface area contributed by atoms with Gasteiger partial charge in [-0.2, -0.15) is 0 Å². The molecule has 5 rings (SSSR count). The van der Waals surface area contributed by atoms with Crippen LogP contribution in [0.1, 0.15) is 47.5 Å². The first-order valence-electron chi connectivity index (χ1n) is 9.50. The molecule has 2 aliphatic rings. The predicted octanol–water partition coefficient (Wildman–Crippen LogP) is 3.98. The Kier molecular flexibility index (Phi) is 3.90. The molecule has 3 aromatic rings. The van der Waals surface area contributed by atoms with E-state index in [2.05, 4.69) is 40.1 Å². The molecule has 1 unspecified atom stereocenters. The van der Waals surface area contributed by atoms with Gasteiger partial charge in [-0.25, -0.2) is 0 Å². The molecule has 1 aliphatic heterocycles. The van der Waals surface area contributed by atoms with Gasteiger partial charge in [0.25, 0.3) is 5.79 Å². The smallest absolute Gasteiger partial charge is 0.298 e. The summed E-state index contributed by atoms with van der Waals surface area (Å²) in [6.07, 6.45) is 6.43. The van der Waals surface area contributed by atoms with Gasteiger partial charge < -0.3 is 18.9 Å². The molecule has 1 aliphatic carbocycles. The highest BCUT2D eigenvalue weighted by Crippen LogP contribution is 2.36. The summed E-state index contributed by atoms with van der Waals surface area (Å²) in [5.41, 5.74) is 5.83. The Morgan fingerprint density at radius 3 is 2.74 bits per heavy atom. The Morgan fingerprint density at radius 2 is 1.93 bits per heavy atom. The van der Waals surface area contributed by atoms with E-state index >= 15 is 0 Å². The van der Waals surface area contributed by atoms with Gasteiger partial charge >= 0.3 is 0 Å². The second-order valence-electron chi connectivity index (χ2n) is 7.35. The molecule has 3 heterocycles. The van der Waals surface area contributed by atoms with Crippen LogP contribution in [0.3, 0.4) is 0 Å². The highest BCUT2D eigenvalue weighted by atomic mass is 16.7. The molecule has 5 nitrogen and oxygen atoms in total. The minimum atomic E-state index is -1.53. The lowest BCUT2D eigenvalue weighted by Crippen LogP contribution is -2.25. The fourth-order valence-corrected chi connectivity index (χ4v) is 4.14. The first-order valence-corrected chi connectivity index (χ1v) is 9.50. The second kappa shape index (κ2) is 6.43. The monoisotopic (exact) mass is 362 g/mol. The lowest BCUT2D eigenvalue weighted by atomic mass is 9.97. The zero-order chi connectivity index (χ0) is 18.3. The van der Waals surface area contributed by atoms with Crippen molar-refractivity contribution in [2.24, 2.45) is 5.16 Å². The van der Waals surface area contributed by atoms with Crippen LogP contribution >= 0.6 is 0 Å². The molecular weight excluding hydrogens is 340 g/mol. The van der Waals surface area contributed by atoms with E-state index in [4.69, 9.17) is 9.25 Å². The van der Waals surface area contributed by atoms with Crippen molar-refractivity contribution in [1.82, 2.24) is 4.57 Å². The predicted molar refractivity (Wildman–Crippen MR) is 101 cm³/mol. The normalized spacial score (nSPS) is 21.6. The maximum Gasteiger partial charge on any atom is 0.298 e. The zero-order valence-electron chi connectivity index (χ0n) is 15.1. The number of aromatic nitrogens is 1. The van der Waals surface area contributed by atoms with Gasteiger partial charge in [-0.3, -0.25) is 0 Å². The largest absolute Gasteiger partial charge is 0.462 e. The summed E-state index contributed by atoms with van der Waals surface area (Å²) in [5.74, 6) is -1.14. The van der Waals surface area contributed by atoms with Crippen LogP contribution in [-0.2, 0) is 30.0 Å². The molecule has 0 spiro atoms. The lowest BCUT2D eigenvalue weighted by Gasteiger charge is -2.18. The SMILES string of the molecule is OC1(c2ccco2)CC(c2cc3c(n2Cc2ccccc2)CCCC3)=NO1. The van der Waals surface area contributed by atoms with Crippen molar-refractivity contribution in [3.63, 3.8) is 0 Å².